The number of carbonyl (C=O) groups is 1. The minimum Gasteiger partial charge on any atom is -0.481 e. The zero-order valence-electron chi connectivity index (χ0n) is 14.0. The van der Waals surface area contributed by atoms with Crippen LogP contribution in [0.4, 0.5) is 0 Å². The third-order valence-corrected chi connectivity index (χ3v) is 4.53. The van der Waals surface area contributed by atoms with Crippen molar-refractivity contribution in [3.63, 3.8) is 0 Å². The Labute approximate surface area is 134 Å². The van der Waals surface area contributed by atoms with Gasteiger partial charge >= 0.3 is 13.1 Å². The van der Waals surface area contributed by atoms with E-state index in [1.807, 2.05) is 7.05 Å². The van der Waals surface area contributed by atoms with E-state index in [2.05, 4.69) is 11.1 Å². The quantitative estimate of drug-likeness (QED) is 0.468. The Bertz CT molecular complexity index is 286. The molecule has 22 heavy (non-hydrogen) atoms. The van der Waals surface area contributed by atoms with Gasteiger partial charge in [0, 0.05) is 6.04 Å². The highest BCUT2D eigenvalue weighted by Gasteiger charge is 2.32. The summed E-state index contributed by atoms with van der Waals surface area (Å²) in [6.07, 6.45) is 8.82. The number of carboxylic acid groups (broad SMARTS) is 1. The van der Waals surface area contributed by atoms with E-state index >= 15 is 0 Å². The molecular weight excluding hydrogens is 283 g/mol. The molecular formula is C15H33BN2O4. The van der Waals surface area contributed by atoms with Gasteiger partial charge in [0.1, 0.15) is 0 Å². The first-order valence-electron chi connectivity index (χ1n) is 8.38. The van der Waals surface area contributed by atoms with Gasteiger partial charge in [-0.15, -0.1) is 0 Å². The first-order chi connectivity index (χ1) is 10.5. The Hall–Kier alpha value is -0.625. The Morgan fingerprint density at radius 1 is 1.18 bits per heavy atom. The van der Waals surface area contributed by atoms with Gasteiger partial charge in [0.2, 0.25) is 0 Å². The molecule has 0 saturated heterocycles. The summed E-state index contributed by atoms with van der Waals surface area (Å²) in [5, 5.41) is 29.4. The van der Waals surface area contributed by atoms with Crippen molar-refractivity contribution < 1.29 is 19.9 Å². The van der Waals surface area contributed by atoms with Crippen LogP contribution in [-0.4, -0.2) is 48.4 Å². The number of carboxylic acids is 1. The lowest BCUT2D eigenvalue weighted by Gasteiger charge is -2.23. The van der Waals surface area contributed by atoms with Crippen molar-refractivity contribution >= 4 is 13.1 Å². The van der Waals surface area contributed by atoms with Gasteiger partial charge in [-0.05, 0) is 52.0 Å². The molecule has 0 aromatic rings. The van der Waals surface area contributed by atoms with Crippen LogP contribution < -0.4 is 11.1 Å². The minimum atomic E-state index is -1.25. The van der Waals surface area contributed by atoms with Crippen LogP contribution in [0.15, 0.2) is 0 Å². The average molecular weight is 316 g/mol. The highest BCUT2D eigenvalue weighted by Crippen LogP contribution is 2.35. The van der Waals surface area contributed by atoms with E-state index in [-0.39, 0.29) is 11.8 Å². The number of hydrogen-bond donors (Lipinski definition) is 5. The smallest absolute Gasteiger partial charge is 0.451 e. The maximum atomic E-state index is 10.8. The number of nitrogens with two attached hydrogens (primary N) is 1. The fourth-order valence-corrected chi connectivity index (χ4v) is 2.97. The Balaban J connectivity index is 0.000000457. The van der Waals surface area contributed by atoms with Crippen LogP contribution in [-0.2, 0) is 4.79 Å². The summed E-state index contributed by atoms with van der Waals surface area (Å²) < 4.78 is 0. The van der Waals surface area contributed by atoms with Gasteiger partial charge in [0.05, 0.1) is 5.92 Å². The van der Waals surface area contributed by atoms with Gasteiger partial charge in [0.25, 0.3) is 0 Å². The molecule has 7 heteroatoms. The van der Waals surface area contributed by atoms with Gasteiger partial charge in [-0.25, -0.2) is 0 Å². The van der Waals surface area contributed by atoms with Crippen molar-refractivity contribution in [2.24, 2.45) is 17.6 Å². The summed E-state index contributed by atoms with van der Waals surface area (Å²) in [5.41, 5.74) is 4.50. The van der Waals surface area contributed by atoms with Crippen LogP contribution >= 0.6 is 0 Å². The molecule has 6 nitrogen and oxygen atoms in total. The van der Waals surface area contributed by atoms with E-state index < -0.39 is 13.1 Å². The van der Waals surface area contributed by atoms with Crippen LogP contribution in [0, 0.1) is 11.8 Å². The van der Waals surface area contributed by atoms with E-state index in [4.69, 9.17) is 15.2 Å². The summed E-state index contributed by atoms with van der Waals surface area (Å²) in [5.74, 6) is -0.658. The van der Waals surface area contributed by atoms with Crippen LogP contribution in [0.1, 0.15) is 51.4 Å². The first-order valence-corrected chi connectivity index (χ1v) is 8.38. The summed E-state index contributed by atoms with van der Waals surface area (Å²) in [7, 11) is 2.28. The van der Waals surface area contributed by atoms with E-state index in [0.717, 1.165) is 31.7 Å². The van der Waals surface area contributed by atoms with Crippen molar-refractivity contribution in [2.75, 3.05) is 14.1 Å². The highest BCUT2D eigenvalue weighted by atomic mass is 16.4. The van der Waals surface area contributed by atoms with Crippen molar-refractivity contribution in [2.45, 2.75) is 63.7 Å². The molecule has 2 aliphatic rings. The van der Waals surface area contributed by atoms with E-state index in [0.29, 0.717) is 12.7 Å². The number of aliphatic carboxylic acids is 1. The molecule has 0 aromatic heterocycles. The largest absolute Gasteiger partial charge is 0.481 e. The minimum absolute atomic E-state index is 0.203. The van der Waals surface area contributed by atoms with Gasteiger partial charge in [-0.2, -0.15) is 0 Å². The zero-order valence-corrected chi connectivity index (χ0v) is 14.0. The summed E-state index contributed by atoms with van der Waals surface area (Å²) in [6.45, 7) is 0. The first kappa shape index (κ1) is 21.4. The standard InChI is InChI=1S/C9H17BO4.C5H11N.CH5N/c11-9(12)8-5-1-3-7(8)4-2-6-10(13)14;1-6-5-3-2-4-5;1-2/h7-8,13-14H,1-6H2,(H,11,12);5-6H,2-4H2,1H3;2H2,1H3. The van der Waals surface area contributed by atoms with Crippen LogP contribution in [0.2, 0.25) is 6.32 Å². The van der Waals surface area contributed by atoms with Gasteiger partial charge in [-0.3, -0.25) is 4.79 Å². The molecule has 0 heterocycles. The second kappa shape index (κ2) is 12.9. The molecule has 0 radical (unpaired) electrons. The molecule has 0 aliphatic heterocycles. The lowest BCUT2D eigenvalue weighted by Crippen LogP contribution is -2.31. The normalized spacial score (nSPS) is 23.5. The van der Waals surface area contributed by atoms with Crippen LogP contribution in [0.25, 0.3) is 0 Å². The van der Waals surface area contributed by atoms with Crippen molar-refractivity contribution in [1.82, 2.24) is 5.32 Å². The molecule has 0 bridgehead atoms. The summed E-state index contributed by atoms with van der Waals surface area (Å²) in [6, 6.07) is 0.866. The SMILES string of the molecule is CN.CNC1CCC1.O=C(O)C1CCCC1CCCB(O)O. The molecule has 2 atom stereocenters. The zero-order chi connectivity index (χ0) is 17.0. The number of nitrogens with one attached hydrogen (secondary N) is 1. The predicted molar refractivity (Wildman–Crippen MR) is 89.5 cm³/mol. The van der Waals surface area contributed by atoms with Gasteiger partial charge in [-0.1, -0.05) is 25.7 Å². The molecule has 2 rings (SSSR count). The van der Waals surface area contributed by atoms with E-state index in [1.165, 1.54) is 26.3 Å². The van der Waals surface area contributed by atoms with Gasteiger partial charge in [0.15, 0.2) is 0 Å². The fraction of sp³-hybridized carbons (Fsp3) is 0.933. The second-order valence-corrected chi connectivity index (χ2v) is 5.96. The van der Waals surface area contributed by atoms with Crippen LogP contribution in [0.3, 0.4) is 0 Å². The third-order valence-electron chi connectivity index (χ3n) is 4.53. The summed E-state index contributed by atoms with van der Waals surface area (Å²) in [4.78, 5) is 10.8. The van der Waals surface area contributed by atoms with Gasteiger partial charge < -0.3 is 26.2 Å². The number of rotatable bonds is 6. The van der Waals surface area contributed by atoms with Crippen molar-refractivity contribution in [3.8, 4) is 0 Å². The van der Waals surface area contributed by atoms with Crippen LogP contribution in [0.5, 0.6) is 0 Å². The lowest BCUT2D eigenvalue weighted by molar-refractivity contribution is -0.143. The molecule has 2 fully saturated rings. The Kier molecular flexibility index (Phi) is 12.5. The number of hydrogen-bond acceptors (Lipinski definition) is 5. The molecule has 0 spiro atoms. The fourth-order valence-electron chi connectivity index (χ4n) is 2.97. The molecule has 2 saturated carbocycles. The average Bonchev–Trinajstić information content (AvgIpc) is 2.89. The summed E-state index contributed by atoms with van der Waals surface area (Å²) >= 11 is 0. The van der Waals surface area contributed by atoms with E-state index in [9.17, 15) is 4.79 Å². The monoisotopic (exact) mass is 316 g/mol. The predicted octanol–water partition coefficient (Wildman–Crippen LogP) is 1.07. The molecule has 2 aliphatic carbocycles. The molecule has 6 N–H and O–H groups in total. The van der Waals surface area contributed by atoms with E-state index in [1.54, 1.807) is 0 Å². The molecule has 0 aromatic carbocycles. The molecule has 0 amide bonds. The van der Waals surface area contributed by atoms with Crippen molar-refractivity contribution in [3.05, 3.63) is 0 Å². The topological polar surface area (TPSA) is 116 Å². The molecule has 130 valence electrons. The maximum Gasteiger partial charge on any atom is 0.451 e. The molecule has 2 unspecified atom stereocenters. The highest BCUT2D eigenvalue weighted by molar-refractivity contribution is 6.40. The third kappa shape index (κ3) is 8.73. The Morgan fingerprint density at radius 3 is 2.14 bits per heavy atom. The second-order valence-electron chi connectivity index (χ2n) is 5.96. The maximum absolute atomic E-state index is 10.8. The Morgan fingerprint density at radius 2 is 1.77 bits per heavy atom. The van der Waals surface area contributed by atoms with Crippen molar-refractivity contribution in [1.29, 1.82) is 0 Å². The lowest BCUT2D eigenvalue weighted by atomic mass is 9.80.